The third-order valence-electron chi connectivity index (χ3n) is 1.40. The van der Waals surface area contributed by atoms with Crippen LogP contribution in [0.15, 0.2) is 22.0 Å². The van der Waals surface area contributed by atoms with Crippen LogP contribution in [-0.4, -0.2) is 41.3 Å². The lowest BCUT2D eigenvalue weighted by molar-refractivity contribution is 0.437. The zero-order valence-corrected chi connectivity index (χ0v) is 10.1. The van der Waals surface area contributed by atoms with Crippen LogP contribution in [0.1, 0.15) is 0 Å². The summed E-state index contributed by atoms with van der Waals surface area (Å²) in [5.74, 6) is 1.05. The van der Waals surface area contributed by atoms with Gasteiger partial charge in [0.25, 0.3) is 0 Å². The first-order valence-electron chi connectivity index (χ1n) is 3.93. The maximum atomic E-state index is 4.14. The van der Waals surface area contributed by atoms with Gasteiger partial charge in [-0.25, -0.2) is 9.97 Å². The van der Waals surface area contributed by atoms with Gasteiger partial charge in [0.1, 0.15) is 16.0 Å². The summed E-state index contributed by atoms with van der Waals surface area (Å²) in [6.45, 7) is 1.06. The molecule has 0 aliphatic carbocycles. The number of aromatic nitrogens is 2. The SMILES string of the molecule is CN(C)CCSc1cc(Br)ncn1. The topological polar surface area (TPSA) is 29.0 Å². The van der Waals surface area contributed by atoms with Crippen LogP contribution in [0.25, 0.3) is 0 Å². The maximum absolute atomic E-state index is 4.14. The highest BCUT2D eigenvalue weighted by atomic mass is 79.9. The van der Waals surface area contributed by atoms with Crippen molar-refractivity contribution in [3.63, 3.8) is 0 Å². The third-order valence-corrected chi connectivity index (χ3v) is 2.74. The van der Waals surface area contributed by atoms with Crippen LogP contribution < -0.4 is 0 Å². The summed E-state index contributed by atoms with van der Waals surface area (Å²) in [6.07, 6.45) is 1.57. The van der Waals surface area contributed by atoms with Gasteiger partial charge < -0.3 is 4.90 Å². The number of thioether (sulfide) groups is 1. The summed E-state index contributed by atoms with van der Waals surface area (Å²) in [5, 5.41) is 1.02. The molecule has 0 aromatic carbocycles. The van der Waals surface area contributed by atoms with Crippen molar-refractivity contribution in [3.05, 3.63) is 17.0 Å². The van der Waals surface area contributed by atoms with Crippen molar-refractivity contribution in [1.29, 1.82) is 0 Å². The van der Waals surface area contributed by atoms with E-state index >= 15 is 0 Å². The molecule has 0 saturated carbocycles. The van der Waals surface area contributed by atoms with Crippen molar-refractivity contribution < 1.29 is 0 Å². The first-order chi connectivity index (χ1) is 6.18. The molecule has 1 aromatic rings. The average molecular weight is 262 g/mol. The Kier molecular flexibility index (Phi) is 4.69. The molecule has 0 aliphatic rings. The van der Waals surface area contributed by atoms with Crippen molar-refractivity contribution in [1.82, 2.24) is 14.9 Å². The zero-order valence-electron chi connectivity index (χ0n) is 7.70. The molecule has 0 bridgehead atoms. The van der Waals surface area contributed by atoms with E-state index in [1.165, 1.54) is 0 Å². The predicted molar refractivity (Wildman–Crippen MR) is 59.0 cm³/mol. The van der Waals surface area contributed by atoms with Crippen LogP contribution in [-0.2, 0) is 0 Å². The second-order valence-corrected chi connectivity index (χ2v) is 4.76. The monoisotopic (exact) mass is 261 g/mol. The lowest BCUT2D eigenvalue weighted by Gasteiger charge is -2.07. The van der Waals surface area contributed by atoms with Crippen LogP contribution >= 0.6 is 27.7 Å². The second-order valence-electron chi connectivity index (χ2n) is 2.83. The molecule has 0 N–H and O–H groups in total. The largest absolute Gasteiger partial charge is 0.309 e. The van der Waals surface area contributed by atoms with Gasteiger partial charge in [-0.05, 0) is 30.0 Å². The molecule has 3 nitrogen and oxygen atoms in total. The molecule has 0 fully saturated rings. The molecule has 0 amide bonds. The van der Waals surface area contributed by atoms with Crippen LogP contribution in [0.2, 0.25) is 0 Å². The van der Waals surface area contributed by atoms with E-state index in [0.717, 1.165) is 21.9 Å². The molecular formula is C8H12BrN3S. The summed E-state index contributed by atoms with van der Waals surface area (Å²) in [5.41, 5.74) is 0. The Morgan fingerprint density at radius 3 is 2.85 bits per heavy atom. The van der Waals surface area contributed by atoms with E-state index in [4.69, 9.17) is 0 Å². The first kappa shape index (κ1) is 10.9. The van der Waals surface area contributed by atoms with Gasteiger partial charge in [0.2, 0.25) is 0 Å². The molecule has 0 radical (unpaired) electrons. The van der Waals surface area contributed by atoms with E-state index in [1.54, 1.807) is 18.1 Å². The lowest BCUT2D eigenvalue weighted by Crippen LogP contribution is -2.14. The molecule has 0 unspecified atom stereocenters. The van der Waals surface area contributed by atoms with E-state index in [2.05, 4.69) is 44.9 Å². The Morgan fingerprint density at radius 1 is 1.46 bits per heavy atom. The predicted octanol–water partition coefficient (Wildman–Crippen LogP) is 1.89. The van der Waals surface area contributed by atoms with Crippen LogP contribution in [0.5, 0.6) is 0 Å². The van der Waals surface area contributed by atoms with Crippen LogP contribution in [0, 0.1) is 0 Å². The molecule has 72 valence electrons. The standard InChI is InChI=1S/C8H12BrN3S/c1-12(2)3-4-13-8-5-7(9)10-6-11-8/h5-6H,3-4H2,1-2H3. The lowest BCUT2D eigenvalue weighted by atomic mass is 10.7. The Balaban J connectivity index is 2.37. The third kappa shape index (κ3) is 4.59. The molecule has 0 spiro atoms. The first-order valence-corrected chi connectivity index (χ1v) is 5.71. The van der Waals surface area contributed by atoms with Crippen LogP contribution in [0.4, 0.5) is 0 Å². The highest BCUT2D eigenvalue weighted by Crippen LogP contribution is 2.16. The molecule has 1 heterocycles. The minimum atomic E-state index is 0.842. The van der Waals surface area contributed by atoms with E-state index < -0.39 is 0 Å². The van der Waals surface area contributed by atoms with Gasteiger partial charge in [-0.3, -0.25) is 0 Å². The smallest absolute Gasteiger partial charge is 0.118 e. The molecule has 0 atom stereocenters. The summed E-state index contributed by atoms with van der Waals surface area (Å²) in [7, 11) is 4.13. The summed E-state index contributed by atoms with van der Waals surface area (Å²) < 4.78 is 0.842. The molecule has 13 heavy (non-hydrogen) atoms. The van der Waals surface area contributed by atoms with Crippen molar-refractivity contribution >= 4 is 27.7 Å². The van der Waals surface area contributed by atoms with Gasteiger partial charge in [-0.2, -0.15) is 0 Å². The van der Waals surface area contributed by atoms with Gasteiger partial charge >= 0.3 is 0 Å². The van der Waals surface area contributed by atoms with E-state index in [1.807, 2.05) is 6.07 Å². The average Bonchev–Trinajstić information content (AvgIpc) is 2.03. The molecule has 1 rings (SSSR count). The Bertz CT molecular complexity index is 267. The molecule has 1 aromatic heterocycles. The Hall–Kier alpha value is -0.130. The number of hydrogen-bond acceptors (Lipinski definition) is 4. The fourth-order valence-corrected chi connectivity index (χ4v) is 2.17. The van der Waals surface area contributed by atoms with Gasteiger partial charge in [0, 0.05) is 18.4 Å². The van der Waals surface area contributed by atoms with Gasteiger partial charge in [-0.1, -0.05) is 0 Å². The van der Waals surface area contributed by atoms with E-state index in [9.17, 15) is 0 Å². The van der Waals surface area contributed by atoms with E-state index in [-0.39, 0.29) is 0 Å². The zero-order chi connectivity index (χ0) is 9.68. The van der Waals surface area contributed by atoms with Crippen LogP contribution in [0.3, 0.4) is 0 Å². The maximum Gasteiger partial charge on any atom is 0.118 e. The summed E-state index contributed by atoms with van der Waals surface area (Å²) >= 11 is 5.05. The molecule has 0 saturated heterocycles. The number of nitrogens with zero attached hydrogens (tertiary/aromatic N) is 3. The van der Waals surface area contributed by atoms with Gasteiger partial charge in [0.15, 0.2) is 0 Å². The molecular weight excluding hydrogens is 250 g/mol. The fourth-order valence-electron chi connectivity index (χ4n) is 0.729. The summed E-state index contributed by atoms with van der Waals surface area (Å²) in [6, 6.07) is 1.93. The number of rotatable bonds is 4. The van der Waals surface area contributed by atoms with Gasteiger partial charge in [-0.15, -0.1) is 11.8 Å². The van der Waals surface area contributed by atoms with Crippen molar-refractivity contribution in [3.8, 4) is 0 Å². The van der Waals surface area contributed by atoms with E-state index in [0.29, 0.717) is 0 Å². The highest BCUT2D eigenvalue weighted by molar-refractivity contribution is 9.10. The quantitative estimate of drug-likeness (QED) is 0.612. The second kappa shape index (κ2) is 5.57. The Morgan fingerprint density at radius 2 is 2.23 bits per heavy atom. The van der Waals surface area contributed by atoms with Crippen molar-refractivity contribution in [2.45, 2.75) is 5.03 Å². The minimum Gasteiger partial charge on any atom is -0.309 e. The number of halogens is 1. The van der Waals surface area contributed by atoms with Gasteiger partial charge in [0.05, 0.1) is 0 Å². The fraction of sp³-hybridized carbons (Fsp3) is 0.500. The normalized spacial score (nSPS) is 10.8. The van der Waals surface area contributed by atoms with Crippen molar-refractivity contribution in [2.75, 3.05) is 26.4 Å². The van der Waals surface area contributed by atoms with Crippen molar-refractivity contribution in [2.24, 2.45) is 0 Å². The Labute approximate surface area is 91.1 Å². The highest BCUT2D eigenvalue weighted by Gasteiger charge is 1.97. The number of hydrogen-bond donors (Lipinski definition) is 0. The molecule has 5 heteroatoms. The minimum absolute atomic E-state index is 0.842. The summed E-state index contributed by atoms with van der Waals surface area (Å²) in [4.78, 5) is 10.3. The molecule has 0 aliphatic heterocycles.